The quantitative estimate of drug-likeness (QED) is 0.717. The number of nitrogens with one attached hydrogen (secondary N) is 3. The lowest BCUT2D eigenvalue weighted by molar-refractivity contribution is -0.128. The summed E-state index contributed by atoms with van der Waals surface area (Å²) in [6.07, 6.45) is 2.96. The minimum atomic E-state index is -0.824. The largest absolute Gasteiger partial charge is 0.323 e. The van der Waals surface area contributed by atoms with Crippen LogP contribution in [0.1, 0.15) is 52.1 Å². The van der Waals surface area contributed by atoms with Crippen LogP contribution in [0.2, 0.25) is 0 Å². The number of rotatable bonds is 3. The molecule has 7 nitrogen and oxygen atoms in total. The molecule has 2 heterocycles. The maximum Gasteiger partial charge on any atom is 0.322 e. The number of hydrogen-bond donors (Lipinski definition) is 3. The number of aromatic nitrogens is 1. The molecule has 8 heteroatoms. The normalized spacial score (nSPS) is 26.4. The van der Waals surface area contributed by atoms with Gasteiger partial charge in [0.05, 0.1) is 5.69 Å². The zero-order valence-corrected chi connectivity index (χ0v) is 15.6. The molecule has 25 heavy (non-hydrogen) atoms. The number of thiazole rings is 1. The summed E-state index contributed by atoms with van der Waals surface area (Å²) in [5.41, 5.74) is 0.314. The second-order valence-electron chi connectivity index (χ2n) is 8.14. The Balaban J connectivity index is 1.55. The van der Waals surface area contributed by atoms with E-state index in [0.29, 0.717) is 30.8 Å². The SMILES string of the molecule is CC(C)(C)Cc1csc(NC(=O)C2CCC3(CC2)NC(=O)NC3=O)n1. The third-order valence-electron chi connectivity index (χ3n) is 4.72. The van der Waals surface area contributed by atoms with Crippen molar-refractivity contribution in [2.75, 3.05) is 5.32 Å². The number of carbonyl (C=O) groups excluding carboxylic acids is 3. The maximum atomic E-state index is 12.5. The predicted molar refractivity (Wildman–Crippen MR) is 95.3 cm³/mol. The predicted octanol–water partition coefficient (Wildman–Crippen LogP) is 2.44. The van der Waals surface area contributed by atoms with Crippen molar-refractivity contribution < 1.29 is 14.4 Å². The molecule has 0 radical (unpaired) electrons. The number of nitrogens with zero attached hydrogens (tertiary/aromatic N) is 1. The van der Waals surface area contributed by atoms with Gasteiger partial charge in [0.2, 0.25) is 5.91 Å². The van der Waals surface area contributed by atoms with Gasteiger partial charge >= 0.3 is 6.03 Å². The standard InChI is InChI=1S/C17H24N4O3S/c1-16(2,3)8-11-9-25-15(18-11)19-12(22)10-4-6-17(7-5-10)13(23)20-14(24)21-17/h9-10H,4-8H2,1-3H3,(H,18,19,22)(H2,20,21,23,24). The monoisotopic (exact) mass is 364 g/mol. The third-order valence-corrected chi connectivity index (χ3v) is 5.52. The minimum absolute atomic E-state index is 0.0590. The Morgan fingerprint density at radius 2 is 2.04 bits per heavy atom. The van der Waals surface area contributed by atoms with Crippen molar-refractivity contribution in [3.8, 4) is 0 Å². The van der Waals surface area contributed by atoms with Gasteiger partial charge in [0.1, 0.15) is 5.54 Å². The molecule has 2 aliphatic rings. The average molecular weight is 364 g/mol. The summed E-state index contributed by atoms with van der Waals surface area (Å²) in [7, 11) is 0. The first-order chi connectivity index (χ1) is 11.7. The van der Waals surface area contributed by atoms with Gasteiger partial charge in [-0.25, -0.2) is 9.78 Å². The molecular formula is C17H24N4O3S. The summed E-state index contributed by atoms with van der Waals surface area (Å²) in [6, 6.07) is -0.443. The Morgan fingerprint density at radius 1 is 1.36 bits per heavy atom. The number of anilines is 1. The highest BCUT2D eigenvalue weighted by Crippen LogP contribution is 2.35. The molecule has 4 amide bonds. The van der Waals surface area contributed by atoms with Crippen LogP contribution in [-0.4, -0.2) is 28.4 Å². The lowest BCUT2D eigenvalue weighted by Crippen LogP contribution is -2.50. The number of imide groups is 1. The van der Waals surface area contributed by atoms with E-state index >= 15 is 0 Å². The van der Waals surface area contributed by atoms with Crippen molar-refractivity contribution >= 4 is 34.3 Å². The topological polar surface area (TPSA) is 100 Å². The molecule has 0 unspecified atom stereocenters. The van der Waals surface area contributed by atoms with Gasteiger partial charge in [-0.2, -0.15) is 0 Å². The van der Waals surface area contributed by atoms with Gasteiger partial charge in [0, 0.05) is 11.3 Å². The van der Waals surface area contributed by atoms with Crippen LogP contribution in [0.4, 0.5) is 9.93 Å². The maximum absolute atomic E-state index is 12.5. The van der Waals surface area contributed by atoms with Crippen LogP contribution in [0.15, 0.2) is 5.38 Å². The molecule has 0 bridgehead atoms. The van der Waals surface area contributed by atoms with Crippen molar-refractivity contribution in [2.45, 2.75) is 58.4 Å². The van der Waals surface area contributed by atoms with E-state index in [1.165, 1.54) is 11.3 Å². The number of amides is 4. The third kappa shape index (κ3) is 4.00. The van der Waals surface area contributed by atoms with Gasteiger partial charge in [-0.05, 0) is 37.5 Å². The van der Waals surface area contributed by atoms with E-state index in [9.17, 15) is 14.4 Å². The average Bonchev–Trinajstić information content (AvgIpc) is 3.02. The minimum Gasteiger partial charge on any atom is -0.323 e. The summed E-state index contributed by atoms with van der Waals surface area (Å²) in [6.45, 7) is 6.46. The molecule has 136 valence electrons. The number of carbonyl (C=O) groups is 3. The molecule has 0 atom stereocenters. The van der Waals surface area contributed by atoms with E-state index in [0.717, 1.165) is 12.1 Å². The van der Waals surface area contributed by atoms with Gasteiger partial charge in [-0.3, -0.25) is 14.9 Å². The van der Waals surface area contributed by atoms with E-state index in [1.807, 2.05) is 5.38 Å². The van der Waals surface area contributed by atoms with Crippen molar-refractivity contribution in [3.05, 3.63) is 11.1 Å². The van der Waals surface area contributed by atoms with Crippen LogP contribution < -0.4 is 16.0 Å². The van der Waals surface area contributed by atoms with Crippen LogP contribution >= 0.6 is 11.3 Å². The fourth-order valence-corrected chi connectivity index (χ4v) is 4.16. The summed E-state index contributed by atoms with van der Waals surface area (Å²) >= 11 is 1.44. The van der Waals surface area contributed by atoms with Gasteiger partial charge in [0.15, 0.2) is 5.13 Å². The molecule has 1 aliphatic heterocycles. The molecule has 1 saturated carbocycles. The Kier molecular flexibility index (Phi) is 4.57. The first-order valence-electron chi connectivity index (χ1n) is 8.56. The molecule has 1 aliphatic carbocycles. The summed E-state index contributed by atoms with van der Waals surface area (Å²) in [5.74, 6) is -0.495. The number of urea groups is 1. The van der Waals surface area contributed by atoms with E-state index in [2.05, 4.69) is 41.7 Å². The Bertz CT molecular complexity index is 699. The molecule has 1 aromatic heterocycles. The highest BCUT2D eigenvalue weighted by atomic mass is 32.1. The molecule has 1 saturated heterocycles. The Morgan fingerprint density at radius 3 is 2.60 bits per heavy atom. The number of hydrogen-bond acceptors (Lipinski definition) is 5. The fourth-order valence-electron chi connectivity index (χ4n) is 3.45. The molecule has 2 fully saturated rings. The van der Waals surface area contributed by atoms with Crippen molar-refractivity contribution in [3.63, 3.8) is 0 Å². The summed E-state index contributed by atoms with van der Waals surface area (Å²) in [4.78, 5) is 40.3. The first-order valence-corrected chi connectivity index (χ1v) is 9.44. The molecule has 0 aromatic carbocycles. The lowest BCUT2D eigenvalue weighted by Gasteiger charge is -2.33. The van der Waals surface area contributed by atoms with Crippen molar-refractivity contribution in [2.24, 2.45) is 11.3 Å². The fraction of sp³-hybridized carbons (Fsp3) is 0.647. The van der Waals surface area contributed by atoms with Crippen LogP contribution in [0.25, 0.3) is 0 Å². The molecule has 3 N–H and O–H groups in total. The van der Waals surface area contributed by atoms with E-state index in [-0.39, 0.29) is 23.1 Å². The molecule has 1 aromatic rings. The zero-order valence-electron chi connectivity index (χ0n) is 14.8. The van der Waals surface area contributed by atoms with Gasteiger partial charge in [0.25, 0.3) is 5.91 Å². The van der Waals surface area contributed by atoms with Crippen LogP contribution in [-0.2, 0) is 16.0 Å². The van der Waals surface area contributed by atoms with E-state index < -0.39 is 11.6 Å². The van der Waals surface area contributed by atoms with Gasteiger partial charge in [-0.15, -0.1) is 11.3 Å². The Labute approximate surface area is 151 Å². The van der Waals surface area contributed by atoms with Gasteiger partial charge < -0.3 is 10.6 Å². The molecular weight excluding hydrogens is 340 g/mol. The lowest BCUT2D eigenvalue weighted by atomic mass is 9.76. The summed E-state index contributed by atoms with van der Waals surface area (Å²) < 4.78 is 0. The van der Waals surface area contributed by atoms with Crippen LogP contribution in [0.3, 0.4) is 0 Å². The highest BCUT2D eigenvalue weighted by Gasteiger charge is 2.48. The van der Waals surface area contributed by atoms with Crippen molar-refractivity contribution in [1.29, 1.82) is 0 Å². The Hall–Kier alpha value is -1.96. The second-order valence-corrected chi connectivity index (χ2v) is 8.99. The molecule has 3 rings (SSSR count). The van der Waals surface area contributed by atoms with Crippen molar-refractivity contribution in [1.82, 2.24) is 15.6 Å². The smallest absolute Gasteiger partial charge is 0.322 e. The summed E-state index contributed by atoms with van der Waals surface area (Å²) in [5, 5.41) is 10.5. The van der Waals surface area contributed by atoms with Crippen LogP contribution in [0.5, 0.6) is 0 Å². The first kappa shape index (κ1) is 17.8. The van der Waals surface area contributed by atoms with E-state index in [4.69, 9.17) is 0 Å². The second kappa shape index (κ2) is 6.40. The van der Waals surface area contributed by atoms with Gasteiger partial charge in [-0.1, -0.05) is 20.8 Å². The van der Waals surface area contributed by atoms with Crippen LogP contribution in [0, 0.1) is 11.3 Å². The highest BCUT2D eigenvalue weighted by molar-refractivity contribution is 7.13. The zero-order chi connectivity index (χ0) is 18.2. The van der Waals surface area contributed by atoms with E-state index in [1.54, 1.807) is 0 Å². The molecule has 1 spiro atoms.